The fourth-order valence-electron chi connectivity index (χ4n) is 3.82. The summed E-state index contributed by atoms with van der Waals surface area (Å²) < 4.78 is 88.4. The van der Waals surface area contributed by atoms with Gasteiger partial charge >= 0.3 is 6.18 Å². The Bertz CT molecular complexity index is 1730. The van der Waals surface area contributed by atoms with Crippen LogP contribution in [0.4, 0.5) is 26.3 Å². The van der Waals surface area contributed by atoms with Gasteiger partial charge in [0.25, 0.3) is 5.56 Å². The SMILES string of the molecule is O=c1c2cc3c(cc2oc2c(C(F)(F)F)cccc12)c(=O)ncn3Cc1c(F)cc(F)cc1F. The second-order valence-corrected chi connectivity index (χ2v) is 7.50. The summed E-state index contributed by atoms with van der Waals surface area (Å²) >= 11 is 0. The van der Waals surface area contributed by atoms with Gasteiger partial charge in [0.2, 0.25) is 5.43 Å². The summed E-state index contributed by atoms with van der Waals surface area (Å²) in [4.78, 5) is 29.0. The van der Waals surface area contributed by atoms with Crippen molar-refractivity contribution >= 4 is 32.8 Å². The van der Waals surface area contributed by atoms with E-state index in [9.17, 15) is 35.9 Å². The van der Waals surface area contributed by atoms with Crippen molar-refractivity contribution in [1.82, 2.24) is 9.55 Å². The Hall–Kier alpha value is -4.15. The van der Waals surface area contributed by atoms with E-state index in [1.807, 2.05) is 0 Å². The van der Waals surface area contributed by atoms with Crippen LogP contribution in [-0.2, 0) is 12.7 Å². The molecule has 0 aliphatic rings. The summed E-state index contributed by atoms with van der Waals surface area (Å²) in [5, 5.41) is -0.649. The molecule has 0 N–H and O–H groups in total. The van der Waals surface area contributed by atoms with E-state index in [-0.39, 0.29) is 27.3 Å². The Labute approximate surface area is 184 Å². The molecule has 5 aromatic rings. The van der Waals surface area contributed by atoms with Crippen molar-refractivity contribution in [1.29, 1.82) is 0 Å². The average Bonchev–Trinajstić information content (AvgIpc) is 2.76. The van der Waals surface area contributed by atoms with Crippen LogP contribution in [0.5, 0.6) is 0 Å². The van der Waals surface area contributed by atoms with Gasteiger partial charge in [-0.15, -0.1) is 0 Å². The molecule has 172 valence electrons. The van der Waals surface area contributed by atoms with Gasteiger partial charge in [-0.25, -0.2) is 13.2 Å². The van der Waals surface area contributed by atoms with E-state index < -0.39 is 57.9 Å². The number of halogens is 6. The van der Waals surface area contributed by atoms with Gasteiger partial charge in [-0.2, -0.15) is 18.2 Å². The molecular weight excluding hydrogens is 466 g/mol. The van der Waals surface area contributed by atoms with Gasteiger partial charge < -0.3 is 8.98 Å². The summed E-state index contributed by atoms with van der Waals surface area (Å²) in [7, 11) is 0. The van der Waals surface area contributed by atoms with Crippen LogP contribution in [0.15, 0.2) is 62.8 Å². The number of fused-ring (bicyclic) bond motifs is 3. The first-order chi connectivity index (χ1) is 16.0. The third kappa shape index (κ3) is 3.40. The molecule has 0 atom stereocenters. The van der Waals surface area contributed by atoms with Crippen LogP contribution in [-0.4, -0.2) is 9.55 Å². The molecule has 0 saturated heterocycles. The highest BCUT2D eigenvalue weighted by Gasteiger charge is 2.34. The van der Waals surface area contributed by atoms with E-state index in [4.69, 9.17) is 4.42 Å². The summed E-state index contributed by atoms with van der Waals surface area (Å²) in [5.41, 5.74) is -4.24. The summed E-state index contributed by atoms with van der Waals surface area (Å²) in [6.45, 7) is -0.510. The van der Waals surface area contributed by atoms with Gasteiger partial charge in [-0.05, 0) is 24.3 Å². The zero-order chi connectivity index (χ0) is 24.4. The maximum absolute atomic E-state index is 14.2. The van der Waals surface area contributed by atoms with Crippen molar-refractivity contribution in [2.75, 3.05) is 0 Å². The van der Waals surface area contributed by atoms with E-state index in [0.29, 0.717) is 12.1 Å². The summed E-state index contributed by atoms with van der Waals surface area (Å²) in [6.07, 6.45) is -3.80. The minimum absolute atomic E-state index is 0.0225. The lowest BCUT2D eigenvalue weighted by molar-refractivity contribution is -0.136. The molecular formula is C23H10F6N2O3. The van der Waals surface area contributed by atoms with Gasteiger partial charge in [0, 0.05) is 17.7 Å². The van der Waals surface area contributed by atoms with E-state index in [1.54, 1.807) is 0 Å². The minimum atomic E-state index is -4.79. The molecule has 0 amide bonds. The second-order valence-electron chi connectivity index (χ2n) is 7.50. The Balaban J connectivity index is 1.81. The standard InChI is InChI=1S/C23H10F6N2O3/c24-10-4-16(25)14(17(26)5-10)8-31-9-30-22(33)12-7-19-13(6-18(12)31)20(32)11-2-1-3-15(21(11)34-19)23(27,28)29/h1-7,9H,8H2. The lowest BCUT2D eigenvalue weighted by Crippen LogP contribution is -2.15. The smallest absolute Gasteiger partial charge is 0.420 e. The van der Waals surface area contributed by atoms with Crippen LogP contribution < -0.4 is 11.0 Å². The van der Waals surface area contributed by atoms with E-state index in [0.717, 1.165) is 29.1 Å². The molecule has 0 radical (unpaired) electrons. The Kier molecular flexibility index (Phi) is 4.74. The van der Waals surface area contributed by atoms with Crippen LogP contribution in [0.2, 0.25) is 0 Å². The first-order valence-corrected chi connectivity index (χ1v) is 9.64. The van der Waals surface area contributed by atoms with Gasteiger partial charge in [0.15, 0.2) is 5.58 Å². The van der Waals surface area contributed by atoms with Crippen molar-refractivity contribution < 1.29 is 30.8 Å². The fourth-order valence-corrected chi connectivity index (χ4v) is 3.82. The zero-order valence-electron chi connectivity index (χ0n) is 16.7. The van der Waals surface area contributed by atoms with Crippen molar-refractivity contribution in [3.8, 4) is 0 Å². The summed E-state index contributed by atoms with van der Waals surface area (Å²) in [5.74, 6) is -3.46. The van der Waals surface area contributed by atoms with E-state index in [1.165, 1.54) is 12.1 Å². The van der Waals surface area contributed by atoms with Gasteiger partial charge in [0.05, 0.1) is 40.1 Å². The highest BCUT2D eigenvalue weighted by Crippen LogP contribution is 2.35. The largest absolute Gasteiger partial charge is 0.455 e. The molecule has 11 heteroatoms. The van der Waals surface area contributed by atoms with Crippen molar-refractivity contribution in [3.63, 3.8) is 0 Å². The molecule has 0 aliphatic carbocycles. The Morgan fingerprint density at radius 3 is 2.29 bits per heavy atom. The minimum Gasteiger partial charge on any atom is -0.455 e. The third-order valence-electron chi connectivity index (χ3n) is 5.41. The number of hydrogen-bond donors (Lipinski definition) is 0. The second kappa shape index (κ2) is 7.44. The fraction of sp³-hybridized carbons (Fsp3) is 0.0870. The third-order valence-corrected chi connectivity index (χ3v) is 5.41. The molecule has 0 saturated carbocycles. The molecule has 0 fully saturated rings. The molecule has 34 heavy (non-hydrogen) atoms. The highest BCUT2D eigenvalue weighted by atomic mass is 19.4. The van der Waals surface area contributed by atoms with Gasteiger partial charge in [-0.3, -0.25) is 9.59 Å². The number of para-hydroxylation sites is 1. The normalized spacial score (nSPS) is 12.2. The first kappa shape index (κ1) is 21.7. The van der Waals surface area contributed by atoms with Crippen LogP contribution >= 0.6 is 0 Å². The molecule has 5 nitrogen and oxygen atoms in total. The molecule has 5 rings (SSSR count). The number of hydrogen-bond acceptors (Lipinski definition) is 4. The topological polar surface area (TPSA) is 65.1 Å². The number of nitrogens with zero attached hydrogens (tertiary/aromatic N) is 2. The quantitative estimate of drug-likeness (QED) is 0.262. The average molecular weight is 476 g/mol. The predicted molar refractivity (Wildman–Crippen MR) is 110 cm³/mol. The molecule has 0 aliphatic heterocycles. The van der Waals surface area contributed by atoms with Crippen LogP contribution in [0.3, 0.4) is 0 Å². The lowest BCUT2D eigenvalue weighted by Gasteiger charge is -2.13. The number of alkyl halides is 3. The van der Waals surface area contributed by atoms with Crippen molar-refractivity contribution in [3.05, 3.63) is 97.9 Å². The molecule has 2 aromatic heterocycles. The number of benzene rings is 3. The molecule has 0 unspecified atom stereocenters. The van der Waals surface area contributed by atoms with Gasteiger partial charge in [-0.1, -0.05) is 6.07 Å². The molecule has 0 spiro atoms. The Morgan fingerprint density at radius 2 is 1.62 bits per heavy atom. The van der Waals surface area contributed by atoms with Crippen LogP contribution in [0.25, 0.3) is 32.8 Å². The maximum atomic E-state index is 14.2. The molecule has 2 heterocycles. The monoisotopic (exact) mass is 476 g/mol. The van der Waals surface area contributed by atoms with E-state index in [2.05, 4.69) is 4.98 Å². The lowest BCUT2D eigenvalue weighted by atomic mass is 10.1. The highest BCUT2D eigenvalue weighted by molar-refractivity contribution is 5.98. The number of rotatable bonds is 2. The summed E-state index contributed by atoms with van der Waals surface area (Å²) in [6, 6.07) is 6.21. The molecule has 3 aromatic carbocycles. The number of aromatic nitrogens is 2. The first-order valence-electron chi connectivity index (χ1n) is 9.64. The zero-order valence-corrected chi connectivity index (χ0v) is 16.7. The van der Waals surface area contributed by atoms with Crippen LogP contribution in [0.1, 0.15) is 11.1 Å². The van der Waals surface area contributed by atoms with Crippen molar-refractivity contribution in [2.24, 2.45) is 0 Å². The van der Waals surface area contributed by atoms with Crippen LogP contribution in [0, 0.1) is 17.5 Å². The molecule has 0 bridgehead atoms. The maximum Gasteiger partial charge on any atom is 0.420 e. The van der Waals surface area contributed by atoms with E-state index >= 15 is 0 Å². The predicted octanol–water partition coefficient (Wildman–Crippen LogP) is 5.14. The van der Waals surface area contributed by atoms with Crippen molar-refractivity contribution in [2.45, 2.75) is 12.7 Å². The Morgan fingerprint density at radius 1 is 0.912 bits per heavy atom. The van der Waals surface area contributed by atoms with Gasteiger partial charge in [0.1, 0.15) is 23.0 Å².